The van der Waals surface area contributed by atoms with Crippen molar-refractivity contribution in [1.29, 1.82) is 0 Å². The predicted molar refractivity (Wildman–Crippen MR) is 189 cm³/mol. The third-order valence-electron chi connectivity index (χ3n) is 8.29. The molecule has 0 spiro atoms. The van der Waals surface area contributed by atoms with Crippen LogP contribution >= 0.6 is 0 Å². The number of rotatable bonds is 4. The molecule has 2 heterocycles. The van der Waals surface area contributed by atoms with Crippen molar-refractivity contribution < 1.29 is 4.42 Å². The smallest absolute Gasteiger partial charge is 0.164 e. The SMILES string of the molecule is C=C1C=Cc2cc(-c3nc(-c4ccccc4)nc(-c4cccc5oc6ccc(-c7ccccc7)cc6c45)n3)ccc2C/C=C\C=C/1. The fourth-order valence-electron chi connectivity index (χ4n) is 5.95. The Labute approximate surface area is 267 Å². The molecule has 1 aliphatic carbocycles. The molecular weight excluding hydrogens is 562 g/mol. The van der Waals surface area contributed by atoms with Crippen LogP contribution in [-0.2, 0) is 6.42 Å². The van der Waals surface area contributed by atoms with Crippen molar-refractivity contribution >= 4 is 28.0 Å². The second-order valence-electron chi connectivity index (χ2n) is 11.3. The molecule has 5 aromatic carbocycles. The van der Waals surface area contributed by atoms with Crippen LogP contribution in [0.25, 0.3) is 73.3 Å². The van der Waals surface area contributed by atoms with Crippen LogP contribution in [-0.4, -0.2) is 15.0 Å². The molecule has 0 bridgehead atoms. The van der Waals surface area contributed by atoms with Crippen LogP contribution in [0.5, 0.6) is 0 Å². The molecule has 0 saturated heterocycles. The summed E-state index contributed by atoms with van der Waals surface area (Å²) in [5.41, 5.74) is 9.91. The van der Waals surface area contributed by atoms with Gasteiger partial charge in [-0.3, -0.25) is 0 Å². The van der Waals surface area contributed by atoms with Crippen LogP contribution in [0.15, 0.2) is 162 Å². The topological polar surface area (TPSA) is 51.8 Å². The lowest BCUT2D eigenvalue weighted by atomic mass is 9.98. The monoisotopic (exact) mass is 591 g/mol. The number of fused-ring (bicyclic) bond motifs is 4. The molecule has 4 nitrogen and oxygen atoms in total. The van der Waals surface area contributed by atoms with E-state index in [0.29, 0.717) is 17.5 Å². The van der Waals surface area contributed by atoms with Crippen molar-refractivity contribution in [3.8, 4) is 45.3 Å². The third kappa shape index (κ3) is 5.27. The van der Waals surface area contributed by atoms with Gasteiger partial charge in [-0.25, -0.2) is 15.0 Å². The maximum Gasteiger partial charge on any atom is 0.164 e. The Kier molecular flexibility index (Phi) is 7.01. The van der Waals surface area contributed by atoms with E-state index in [0.717, 1.165) is 67.3 Å². The zero-order valence-corrected chi connectivity index (χ0v) is 25.1. The summed E-state index contributed by atoms with van der Waals surface area (Å²) < 4.78 is 6.35. The quantitative estimate of drug-likeness (QED) is 0.204. The van der Waals surface area contributed by atoms with Gasteiger partial charge in [0.1, 0.15) is 11.2 Å². The first kappa shape index (κ1) is 27.4. The second kappa shape index (κ2) is 11.8. The average Bonchev–Trinajstić information content (AvgIpc) is 3.50. The van der Waals surface area contributed by atoms with Gasteiger partial charge in [0.05, 0.1) is 0 Å². The molecule has 8 rings (SSSR count). The fourth-order valence-corrected chi connectivity index (χ4v) is 5.95. The molecule has 0 atom stereocenters. The minimum absolute atomic E-state index is 0.597. The van der Waals surface area contributed by atoms with E-state index in [9.17, 15) is 0 Å². The lowest BCUT2D eigenvalue weighted by Gasteiger charge is -2.11. The Morgan fingerprint density at radius 2 is 1.28 bits per heavy atom. The zero-order valence-electron chi connectivity index (χ0n) is 25.1. The lowest BCUT2D eigenvalue weighted by molar-refractivity contribution is 0.669. The standard InChI is InChI=1S/C42H29N3O/c1-28-12-5-2-6-15-30-22-23-34(26-32(30)21-20-28)41-43-40(31-16-9-4-10-17-31)44-42(45-41)35-18-11-19-38-39(35)36-27-33(24-25-37(36)46-38)29-13-7-3-8-14-29/h2-14,16-27H,1,15H2/b6-2-,12-5-,21-20?. The van der Waals surface area contributed by atoms with Crippen molar-refractivity contribution in [3.05, 3.63) is 169 Å². The van der Waals surface area contributed by atoms with Gasteiger partial charge >= 0.3 is 0 Å². The minimum atomic E-state index is 0.597. The average molecular weight is 592 g/mol. The molecule has 1 aliphatic rings. The van der Waals surface area contributed by atoms with Gasteiger partial charge in [0.25, 0.3) is 0 Å². The molecule has 0 N–H and O–H groups in total. The fraction of sp³-hybridized carbons (Fsp3) is 0.0238. The Hall–Kier alpha value is -6.13. The highest BCUT2D eigenvalue weighted by Crippen LogP contribution is 2.38. The van der Waals surface area contributed by atoms with E-state index in [-0.39, 0.29) is 0 Å². The number of allylic oxidation sites excluding steroid dienone is 6. The minimum Gasteiger partial charge on any atom is -0.456 e. The molecule has 2 aromatic heterocycles. The molecule has 0 aliphatic heterocycles. The highest BCUT2D eigenvalue weighted by Gasteiger charge is 2.18. The molecule has 46 heavy (non-hydrogen) atoms. The molecule has 0 fully saturated rings. The van der Waals surface area contributed by atoms with E-state index in [2.05, 4.69) is 85.5 Å². The zero-order chi connectivity index (χ0) is 30.9. The van der Waals surface area contributed by atoms with Gasteiger partial charge in [-0.1, -0.05) is 134 Å². The van der Waals surface area contributed by atoms with Gasteiger partial charge in [0.2, 0.25) is 0 Å². The van der Waals surface area contributed by atoms with E-state index in [4.69, 9.17) is 19.4 Å². The van der Waals surface area contributed by atoms with Gasteiger partial charge in [0, 0.05) is 27.5 Å². The van der Waals surface area contributed by atoms with E-state index >= 15 is 0 Å². The first-order valence-corrected chi connectivity index (χ1v) is 15.4. The van der Waals surface area contributed by atoms with Crippen molar-refractivity contribution in [2.75, 3.05) is 0 Å². The Morgan fingerprint density at radius 3 is 2.11 bits per heavy atom. The summed E-state index contributed by atoms with van der Waals surface area (Å²) in [6.45, 7) is 4.15. The summed E-state index contributed by atoms with van der Waals surface area (Å²) in [4.78, 5) is 15.2. The summed E-state index contributed by atoms with van der Waals surface area (Å²) in [6.07, 6.45) is 13.2. The van der Waals surface area contributed by atoms with Crippen molar-refractivity contribution in [2.24, 2.45) is 0 Å². The molecule has 218 valence electrons. The maximum absolute atomic E-state index is 6.35. The second-order valence-corrected chi connectivity index (χ2v) is 11.3. The molecule has 0 radical (unpaired) electrons. The van der Waals surface area contributed by atoms with E-state index < -0.39 is 0 Å². The summed E-state index contributed by atoms with van der Waals surface area (Å²) in [7, 11) is 0. The van der Waals surface area contributed by atoms with Crippen LogP contribution in [0.1, 0.15) is 11.1 Å². The number of nitrogens with zero attached hydrogens (tertiary/aromatic N) is 3. The first-order valence-electron chi connectivity index (χ1n) is 15.4. The molecule has 0 unspecified atom stereocenters. The molecule has 4 heteroatoms. The van der Waals surface area contributed by atoms with Gasteiger partial charge in [-0.15, -0.1) is 0 Å². The number of benzene rings is 5. The largest absolute Gasteiger partial charge is 0.456 e. The van der Waals surface area contributed by atoms with Crippen LogP contribution in [0, 0.1) is 0 Å². The predicted octanol–water partition coefficient (Wildman–Crippen LogP) is 10.7. The van der Waals surface area contributed by atoms with Gasteiger partial charge < -0.3 is 4.42 Å². The van der Waals surface area contributed by atoms with Crippen LogP contribution < -0.4 is 0 Å². The summed E-state index contributed by atoms with van der Waals surface area (Å²) in [6, 6.07) is 39.3. The number of hydrogen-bond acceptors (Lipinski definition) is 4. The summed E-state index contributed by atoms with van der Waals surface area (Å²) in [5.74, 6) is 1.83. The summed E-state index contributed by atoms with van der Waals surface area (Å²) in [5, 5.41) is 2.01. The van der Waals surface area contributed by atoms with Gasteiger partial charge in [0.15, 0.2) is 17.5 Å². The Morgan fingerprint density at radius 1 is 0.543 bits per heavy atom. The van der Waals surface area contributed by atoms with Crippen molar-refractivity contribution in [2.45, 2.75) is 6.42 Å². The molecule has 7 aromatic rings. The highest BCUT2D eigenvalue weighted by atomic mass is 16.3. The maximum atomic E-state index is 6.35. The number of furan rings is 1. The first-order chi connectivity index (χ1) is 22.7. The van der Waals surface area contributed by atoms with Crippen molar-refractivity contribution in [3.63, 3.8) is 0 Å². The lowest BCUT2D eigenvalue weighted by Crippen LogP contribution is -2.01. The van der Waals surface area contributed by atoms with E-state index in [1.165, 1.54) is 5.56 Å². The van der Waals surface area contributed by atoms with Crippen LogP contribution in [0.4, 0.5) is 0 Å². The van der Waals surface area contributed by atoms with Crippen LogP contribution in [0.2, 0.25) is 0 Å². The van der Waals surface area contributed by atoms with E-state index in [1.807, 2.05) is 72.8 Å². The Bertz CT molecular complexity index is 2340. The Balaban J connectivity index is 1.33. The van der Waals surface area contributed by atoms with E-state index in [1.54, 1.807) is 0 Å². The van der Waals surface area contributed by atoms with Gasteiger partial charge in [-0.05, 0) is 58.5 Å². The molecular formula is C42H29N3O. The number of hydrogen-bond donors (Lipinski definition) is 0. The summed E-state index contributed by atoms with van der Waals surface area (Å²) >= 11 is 0. The number of aromatic nitrogens is 3. The van der Waals surface area contributed by atoms with Gasteiger partial charge in [-0.2, -0.15) is 0 Å². The van der Waals surface area contributed by atoms with Crippen molar-refractivity contribution in [1.82, 2.24) is 15.0 Å². The molecule has 0 saturated carbocycles. The molecule has 0 amide bonds. The normalized spacial score (nSPS) is 14.3. The highest BCUT2D eigenvalue weighted by molar-refractivity contribution is 6.12. The third-order valence-corrected chi connectivity index (χ3v) is 8.29. The van der Waals surface area contributed by atoms with Crippen LogP contribution in [0.3, 0.4) is 0 Å².